The van der Waals surface area contributed by atoms with Gasteiger partial charge in [0.2, 0.25) is 0 Å². The molecular weight excluding hydrogens is 365 g/mol. The minimum atomic E-state index is -2.36. The van der Waals surface area contributed by atoms with Gasteiger partial charge in [-0.15, -0.1) is 0 Å². The van der Waals surface area contributed by atoms with Gasteiger partial charge >= 0.3 is 129 Å². The van der Waals surface area contributed by atoms with Crippen LogP contribution in [-0.2, 0) is 21.1 Å². The van der Waals surface area contributed by atoms with Crippen molar-refractivity contribution in [1.29, 1.82) is 0 Å². The molecule has 0 amide bonds. The van der Waals surface area contributed by atoms with E-state index in [-0.39, 0.29) is 0 Å². The Bertz CT molecular complexity index is 474. The van der Waals surface area contributed by atoms with Crippen LogP contribution < -0.4 is 3.56 Å². The molecule has 0 spiro atoms. The number of benzene rings is 1. The van der Waals surface area contributed by atoms with Gasteiger partial charge in [-0.25, -0.2) is 0 Å². The Kier molecular flexibility index (Phi) is 6.74. The average Bonchev–Trinajstić information content (AvgIpc) is 2.51. The zero-order valence-corrected chi connectivity index (χ0v) is 16.0. The zero-order chi connectivity index (χ0) is 16.2. The molecular formula is C12H15F5O2SiZn. The van der Waals surface area contributed by atoms with Crippen LogP contribution in [0.2, 0.25) is 18.1 Å². The third-order valence-electron chi connectivity index (χ3n) is 3.67. The molecule has 0 atom stereocenters. The van der Waals surface area contributed by atoms with E-state index in [1.54, 1.807) is 0 Å². The van der Waals surface area contributed by atoms with Crippen LogP contribution in [0, 0.1) is 29.1 Å². The van der Waals surface area contributed by atoms with E-state index in [9.17, 15) is 22.0 Å². The zero-order valence-electron chi connectivity index (χ0n) is 12.0. The van der Waals surface area contributed by atoms with Gasteiger partial charge in [0, 0.05) is 0 Å². The van der Waals surface area contributed by atoms with Gasteiger partial charge in [0.1, 0.15) is 0 Å². The fraction of sp³-hybridized carbons (Fsp3) is 0.500. The number of rotatable bonds is 7. The predicted octanol–water partition coefficient (Wildman–Crippen LogP) is 4.70. The molecule has 1 aromatic rings. The standard InChI is InChI=1S/C6HF5O.C6H15OSi.Zn/c7-1-2(8)4(10)6(12)5(11)3(1)9;1-4-8(7,5-2)6-3;/h12H;4-6H2,1-3H3;/q;-1;+2/p-1. The monoisotopic (exact) mass is 378 g/mol. The van der Waals surface area contributed by atoms with Gasteiger partial charge in [-0.3, -0.25) is 0 Å². The van der Waals surface area contributed by atoms with E-state index in [0.29, 0.717) is 0 Å². The van der Waals surface area contributed by atoms with Crippen LogP contribution in [0.1, 0.15) is 20.8 Å². The van der Waals surface area contributed by atoms with Crippen molar-refractivity contribution in [3.8, 4) is 5.75 Å². The Balaban J connectivity index is 2.91. The Morgan fingerprint density at radius 2 is 1.14 bits per heavy atom. The number of halogens is 5. The molecule has 1 rings (SSSR count). The van der Waals surface area contributed by atoms with Crippen molar-refractivity contribution in [2.24, 2.45) is 0 Å². The number of hydrogen-bond acceptors (Lipinski definition) is 2. The molecule has 0 N–H and O–H groups in total. The summed E-state index contributed by atoms with van der Waals surface area (Å²) in [6.07, 6.45) is 0. The molecule has 0 unspecified atom stereocenters. The van der Waals surface area contributed by atoms with E-state index in [1.807, 2.05) is 20.8 Å². The van der Waals surface area contributed by atoms with Gasteiger partial charge in [0.25, 0.3) is 0 Å². The summed E-state index contributed by atoms with van der Waals surface area (Å²) >= 11 is -2.36. The van der Waals surface area contributed by atoms with E-state index in [4.69, 9.17) is 6.82 Å². The van der Waals surface area contributed by atoms with Crippen molar-refractivity contribution in [1.82, 2.24) is 0 Å². The van der Waals surface area contributed by atoms with E-state index < -0.39 is 61.0 Å². The first-order valence-electron chi connectivity index (χ1n) is 6.61. The molecule has 1 aromatic carbocycles. The normalized spacial score (nSPS) is 11.4. The summed E-state index contributed by atoms with van der Waals surface area (Å²) < 4.78 is 76.3. The van der Waals surface area contributed by atoms with Gasteiger partial charge in [-0.1, -0.05) is 0 Å². The van der Waals surface area contributed by atoms with E-state index >= 15 is 0 Å². The third kappa shape index (κ3) is 3.81. The second kappa shape index (κ2) is 7.65. The molecule has 2 nitrogen and oxygen atoms in total. The first-order valence-corrected chi connectivity index (χ1v) is 11.6. The number of hydrogen-bond donors (Lipinski definition) is 0. The summed E-state index contributed by atoms with van der Waals surface area (Å²) in [5.41, 5.74) is 0. The summed E-state index contributed by atoms with van der Waals surface area (Å²) in [5, 5.41) is 0. The van der Waals surface area contributed by atoms with Crippen LogP contribution in [-0.4, -0.2) is 8.32 Å². The van der Waals surface area contributed by atoms with E-state index in [2.05, 4.69) is 0 Å². The average molecular weight is 380 g/mol. The van der Waals surface area contributed by atoms with Crippen LogP contribution in [0.5, 0.6) is 5.75 Å². The molecule has 21 heavy (non-hydrogen) atoms. The van der Waals surface area contributed by atoms with Crippen LogP contribution in [0.25, 0.3) is 0 Å². The molecule has 0 aromatic heterocycles. The molecule has 0 saturated carbocycles. The van der Waals surface area contributed by atoms with Gasteiger partial charge < -0.3 is 0 Å². The summed E-state index contributed by atoms with van der Waals surface area (Å²) in [5.74, 6) is -11.3. The van der Waals surface area contributed by atoms with Crippen molar-refractivity contribution < 1.29 is 46.6 Å². The van der Waals surface area contributed by atoms with Crippen LogP contribution in [0.4, 0.5) is 22.0 Å². The van der Waals surface area contributed by atoms with Crippen LogP contribution in [0.3, 0.4) is 0 Å². The molecule has 0 heterocycles. The molecule has 0 fully saturated rings. The third-order valence-corrected chi connectivity index (χ3v) is 13.7. The van der Waals surface area contributed by atoms with Gasteiger partial charge in [-0.2, -0.15) is 0 Å². The maximum absolute atomic E-state index is 13.4. The Labute approximate surface area is 129 Å². The predicted molar refractivity (Wildman–Crippen MR) is 65.1 cm³/mol. The van der Waals surface area contributed by atoms with Crippen molar-refractivity contribution in [2.75, 3.05) is 0 Å². The fourth-order valence-corrected chi connectivity index (χ4v) is 11.0. The van der Waals surface area contributed by atoms with Crippen LogP contribution >= 0.6 is 0 Å². The molecule has 9 heteroatoms. The van der Waals surface area contributed by atoms with Crippen molar-refractivity contribution in [3.05, 3.63) is 29.1 Å². The minimum absolute atomic E-state index is 0.811. The topological polar surface area (TPSA) is 18.5 Å². The fourth-order valence-electron chi connectivity index (χ4n) is 1.98. The van der Waals surface area contributed by atoms with Crippen LogP contribution in [0.15, 0.2) is 0 Å². The van der Waals surface area contributed by atoms with Crippen molar-refractivity contribution in [2.45, 2.75) is 38.9 Å². The molecule has 0 bridgehead atoms. The second-order valence-electron chi connectivity index (χ2n) is 4.55. The van der Waals surface area contributed by atoms with Crippen molar-refractivity contribution >= 4 is 8.32 Å². The summed E-state index contributed by atoms with van der Waals surface area (Å²) in [4.78, 5) is 0. The SMILES string of the molecule is CC[Si](CC)(CC)[O][Zn][O]c1c(F)c(F)c(F)c(F)c1F. The Morgan fingerprint density at radius 1 is 0.762 bits per heavy atom. The summed E-state index contributed by atoms with van der Waals surface area (Å²) in [6, 6.07) is 2.43. The molecule has 0 aliphatic carbocycles. The summed E-state index contributed by atoms with van der Waals surface area (Å²) in [7, 11) is -1.99. The van der Waals surface area contributed by atoms with E-state index in [0.717, 1.165) is 18.1 Å². The molecule has 116 valence electrons. The molecule has 0 aliphatic rings. The van der Waals surface area contributed by atoms with Crippen molar-refractivity contribution in [3.63, 3.8) is 0 Å². The quantitative estimate of drug-likeness (QED) is 0.296. The summed E-state index contributed by atoms with van der Waals surface area (Å²) in [6.45, 7) is 5.87. The van der Waals surface area contributed by atoms with Gasteiger partial charge in [0.15, 0.2) is 0 Å². The van der Waals surface area contributed by atoms with Gasteiger partial charge in [-0.05, 0) is 0 Å². The Hall–Kier alpha value is -0.530. The van der Waals surface area contributed by atoms with E-state index in [1.165, 1.54) is 0 Å². The second-order valence-corrected chi connectivity index (χ2v) is 12.2. The Morgan fingerprint density at radius 3 is 1.52 bits per heavy atom. The molecule has 0 aliphatic heterocycles. The van der Waals surface area contributed by atoms with Gasteiger partial charge in [0.05, 0.1) is 0 Å². The first-order chi connectivity index (χ1) is 9.83. The molecule has 0 saturated heterocycles. The maximum atomic E-state index is 13.4. The first kappa shape index (κ1) is 18.5. The molecule has 0 radical (unpaired) electrons.